The fraction of sp³-hybridized carbons (Fsp3) is 0.400. The molecule has 1 rings (SSSR count). The Kier molecular flexibility index (Phi) is 5.05. The van der Waals surface area contributed by atoms with Crippen LogP contribution >= 0.6 is 12.4 Å². The molecule has 0 aliphatic heterocycles. The summed E-state index contributed by atoms with van der Waals surface area (Å²) in [7, 11) is 0. The van der Waals surface area contributed by atoms with E-state index in [4.69, 9.17) is 11.5 Å². The van der Waals surface area contributed by atoms with Gasteiger partial charge in [0.25, 0.3) is 0 Å². The summed E-state index contributed by atoms with van der Waals surface area (Å²) in [5.74, 6) is -0.216. The highest BCUT2D eigenvalue weighted by atomic mass is 35.5. The lowest BCUT2D eigenvalue weighted by Crippen LogP contribution is -2.10. The molecule has 0 aliphatic rings. The maximum atomic E-state index is 13.4. The topological polar surface area (TPSA) is 52.0 Å². The number of nitrogens with two attached hydrogens (primary N) is 2. The minimum Gasteiger partial charge on any atom is -0.326 e. The zero-order valence-electron chi connectivity index (χ0n) is 8.38. The zero-order chi connectivity index (χ0) is 10.0. The van der Waals surface area contributed by atoms with Gasteiger partial charge in [-0.25, -0.2) is 4.39 Å². The van der Waals surface area contributed by atoms with Crippen molar-refractivity contribution >= 4 is 12.4 Å². The number of hydrogen-bond acceptors (Lipinski definition) is 2. The summed E-state index contributed by atoms with van der Waals surface area (Å²) in [5.41, 5.74) is 13.2. The van der Waals surface area contributed by atoms with E-state index < -0.39 is 0 Å². The number of halogens is 2. The van der Waals surface area contributed by atoms with Gasteiger partial charge in [0.15, 0.2) is 0 Å². The van der Waals surface area contributed by atoms with Gasteiger partial charge in [0.2, 0.25) is 0 Å². The van der Waals surface area contributed by atoms with Gasteiger partial charge in [-0.3, -0.25) is 0 Å². The fourth-order valence-corrected chi connectivity index (χ4v) is 1.32. The lowest BCUT2D eigenvalue weighted by atomic mass is 10.0. The van der Waals surface area contributed by atoms with Crippen molar-refractivity contribution in [2.24, 2.45) is 11.5 Å². The van der Waals surface area contributed by atoms with Gasteiger partial charge in [0.05, 0.1) is 0 Å². The first kappa shape index (κ1) is 13.4. The Hall–Kier alpha value is -0.640. The van der Waals surface area contributed by atoms with Crippen LogP contribution in [0.1, 0.15) is 29.7 Å². The Morgan fingerprint density at radius 2 is 2.00 bits per heavy atom. The summed E-state index contributed by atoms with van der Waals surface area (Å²) < 4.78 is 13.4. The molecular weight excluding hydrogens is 203 g/mol. The molecule has 1 aromatic rings. The molecule has 4 N–H and O–H groups in total. The zero-order valence-corrected chi connectivity index (χ0v) is 9.20. The van der Waals surface area contributed by atoms with Crippen LogP contribution in [-0.4, -0.2) is 0 Å². The summed E-state index contributed by atoms with van der Waals surface area (Å²) in [6, 6.07) is 3.19. The summed E-state index contributed by atoms with van der Waals surface area (Å²) in [4.78, 5) is 0. The van der Waals surface area contributed by atoms with Crippen molar-refractivity contribution in [1.82, 2.24) is 0 Å². The molecule has 2 nitrogen and oxygen atoms in total. The highest BCUT2D eigenvalue weighted by Gasteiger charge is 2.10. The van der Waals surface area contributed by atoms with E-state index in [2.05, 4.69) is 0 Å². The van der Waals surface area contributed by atoms with Crippen molar-refractivity contribution in [3.05, 3.63) is 34.6 Å². The number of hydrogen-bond donors (Lipinski definition) is 2. The maximum absolute atomic E-state index is 13.4. The third kappa shape index (κ3) is 2.67. The fourth-order valence-electron chi connectivity index (χ4n) is 1.32. The highest BCUT2D eigenvalue weighted by Crippen LogP contribution is 2.20. The lowest BCUT2D eigenvalue weighted by Gasteiger charge is -2.11. The molecule has 0 spiro atoms. The Labute approximate surface area is 89.9 Å². The van der Waals surface area contributed by atoms with E-state index in [0.29, 0.717) is 17.7 Å². The Morgan fingerprint density at radius 1 is 1.43 bits per heavy atom. The Morgan fingerprint density at radius 3 is 2.43 bits per heavy atom. The molecule has 0 saturated carbocycles. The molecule has 0 saturated heterocycles. The van der Waals surface area contributed by atoms with Gasteiger partial charge in [0, 0.05) is 18.2 Å². The predicted molar refractivity (Wildman–Crippen MR) is 58.9 cm³/mol. The van der Waals surface area contributed by atoms with E-state index in [0.717, 1.165) is 5.56 Å². The third-order valence-corrected chi connectivity index (χ3v) is 2.07. The number of aryl methyl sites for hydroxylation is 1. The highest BCUT2D eigenvalue weighted by molar-refractivity contribution is 5.85. The standard InChI is InChI=1S/C10H15FN2.ClH/c1-6-3-8(5-12)4-9(7(2)13)10(6)11;/h3-4,7H,5,12-13H2,1-2H3;1H/t7-;/m1./s1. The molecule has 0 aromatic heterocycles. The molecule has 0 heterocycles. The molecule has 0 amide bonds. The summed E-state index contributed by atoms with van der Waals surface area (Å²) in [6.07, 6.45) is 0. The molecule has 1 atom stereocenters. The van der Waals surface area contributed by atoms with Gasteiger partial charge >= 0.3 is 0 Å². The lowest BCUT2D eigenvalue weighted by molar-refractivity contribution is 0.584. The predicted octanol–water partition coefficient (Wildman–Crippen LogP) is 2.03. The van der Waals surface area contributed by atoms with Gasteiger partial charge in [-0.1, -0.05) is 12.1 Å². The average Bonchev–Trinajstić information content (AvgIpc) is 2.09. The second kappa shape index (κ2) is 5.29. The van der Waals surface area contributed by atoms with Crippen LogP contribution in [0.4, 0.5) is 4.39 Å². The van der Waals surface area contributed by atoms with Crippen molar-refractivity contribution in [2.45, 2.75) is 26.4 Å². The number of benzene rings is 1. The van der Waals surface area contributed by atoms with E-state index in [1.54, 1.807) is 26.0 Å². The van der Waals surface area contributed by atoms with Crippen molar-refractivity contribution in [2.75, 3.05) is 0 Å². The Balaban J connectivity index is 0.00000169. The second-order valence-corrected chi connectivity index (χ2v) is 3.31. The molecule has 0 bridgehead atoms. The largest absolute Gasteiger partial charge is 0.326 e. The van der Waals surface area contributed by atoms with Crippen LogP contribution in [0.2, 0.25) is 0 Å². The smallest absolute Gasteiger partial charge is 0.130 e. The normalized spacial score (nSPS) is 12.1. The van der Waals surface area contributed by atoms with Crippen LogP contribution in [0.5, 0.6) is 0 Å². The van der Waals surface area contributed by atoms with Crippen LogP contribution in [0.3, 0.4) is 0 Å². The SMILES string of the molecule is Cc1cc(CN)cc([C@@H](C)N)c1F.Cl. The van der Waals surface area contributed by atoms with E-state index >= 15 is 0 Å². The van der Waals surface area contributed by atoms with Crippen LogP contribution in [0.25, 0.3) is 0 Å². The summed E-state index contributed by atoms with van der Waals surface area (Å²) >= 11 is 0. The average molecular weight is 219 g/mol. The number of rotatable bonds is 2. The van der Waals surface area contributed by atoms with Crippen molar-refractivity contribution in [1.29, 1.82) is 0 Å². The van der Waals surface area contributed by atoms with Crippen LogP contribution in [-0.2, 0) is 6.54 Å². The van der Waals surface area contributed by atoms with Crippen molar-refractivity contribution < 1.29 is 4.39 Å². The van der Waals surface area contributed by atoms with E-state index in [-0.39, 0.29) is 24.3 Å². The minimum atomic E-state index is -0.287. The van der Waals surface area contributed by atoms with Crippen LogP contribution < -0.4 is 11.5 Å². The quantitative estimate of drug-likeness (QED) is 0.798. The molecule has 0 aliphatic carbocycles. The minimum absolute atomic E-state index is 0. The van der Waals surface area contributed by atoms with Crippen molar-refractivity contribution in [3.63, 3.8) is 0 Å². The van der Waals surface area contributed by atoms with E-state index in [1.165, 1.54) is 0 Å². The molecule has 0 fully saturated rings. The van der Waals surface area contributed by atoms with E-state index in [1.807, 2.05) is 0 Å². The maximum Gasteiger partial charge on any atom is 0.130 e. The van der Waals surface area contributed by atoms with Gasteiger partial charge in [-0.2, -0.15) is 0 Å². The Bertz CT molecular complexity index is 313. The third-order valence-electron chi connectivity index (χ3n) is 2.07. The second-order valence-electron chi connectivity index (χ2n) is 3.31. The molecule has 14 heavy (non-hydrogen) atoms. The van der Waals surface area contributed by atoms with E-state index in [9.17, 15) is 4.39 Å². The molecule has 1 aromatic carbocycles. The van der Waals surface area contributed by atoms with Gasteiger partial charge in [-0.05, 0) is 25.0 Å². The molecule has 80 valence electrons. The first-order valence-corrected chi connectivity index (χ1v) is 4.30. The van der Waals surface area contributed by atoms with Gasteiger partial charge < -0.3 is 11.5 Å². The van der Waals surface area contributed by atoms with Gasteiger partial charge in [-0.15, -0.1) is 12.4 Å². The van der Waals surface area contributed by atoms with Crippen molar-refractivity contribution in [3.8, 4) is 0 Å². The van der Waals surface area contributed by atoms with Crippen LogP contribution in [0.15, 0.2) is 12.1 Å². The van der Waals surface area contributed by atoms with Gasteiger partial charge in [0.1, 0.15) is 5.82 Å². The molecule has 0 unspecified atom stereocenters. The molecular formula is C10H16ClFN2. The summed E-state index contributed by atoms with van der Waals surface area (Å²) in [5, 5.41) is 0. The summed E-state index contributed by atoms with van der Waals surface area (Å²) in [6.45, 7) is 3.90. The molecule has 0 radical (unpaired) electrons. The van der Waals surface area contributed by atoms with Crippen LogP contribution in [0, 0.1) is 12.7 Å². The monoisotopic (exact) mass is 218 g/mol. The molecule has 4 heteroatoms. The first-order valence-electron chi connectivity index (χ1n) is 4.30. The first-order chi connectivity index (χ1) is 6.06.